The minimum Gasteiger partial charge on any atom is -0.494 e. The van der Waals surface area contributed by atoms with E-state index in [0.29, 0.717) is 30.2 Å². The second-order valence-corrected chi connectivity index (χ2v) is 8.59. The van der Waals surface area contributed by atoms with Crippen molar-refractivity contribution in [3.63, 3.8) is 0 Å². The Kier molecular flexibility index (Phi) is 5.74. The van der Waals surface area contributed by atoms with Crippen molar-refractivity contribution in [2.75, 3.05) is 30.9 Å². The summed E-state index contributed by atoms with van der Waals surface area (Å²) in [4.78, 5) is 14.1. The Morgan fingerprint density at radius 2 is 2.23 bits per heavy atom. The van der Waals surface area contributed by atoms with Crippen LogP contribution in [0.2, 0.25) is 0 Å². The first kappa shape index (κ1) is 17.1. The molecule has 0 N–H and O–H groups in total. The van der Waals surface area contributed by atoms with Crippen LogP contribution in [-0.2, 0) is 9.84 Å². The van der Waals surface area contributed by atoms with Crippen LogP contribution in [0.15, 0.2) is 24.3 Å². The van der Waals surface area contributed by atoms with E-state index in [9.17, 15) is 13.2 Å². The molecule has 0 aliphatic carbocycles. The van der Waals surface area contributed by atoms with E-state index in [-0.39, 0.29) is 5.91 Å². The van der Waals surface area contributed by atoms with E-state index in [1.54, 1.807) is 36.0 Å². The fraction of sp³-hybridized carbons (Fsp3) is 0.533. The molecule has 0 bridgehead atoms. The van der Waals surface area contributed by atoms with Gasteiger partial charge in [0.15, 0.2) is 9.84 Å². The van der Waals surface area contributed by atoms with Gasteiger partial charge in [-0.15, -0.1) is 0 Å². The fourth-order valence-corrected chi connectivity index (χ4v) is 5.09. The number of carbonyl (C=O) groups excluding carboxylic acids is 1. The molecule has 5 nitrogen and oxygen atoms in total. The van der Waals surface area contributed by atoms with Crippen molar-refractivity contribution in [3.05, 3.63) is 29.8 Å². The smallest absolute Gasteiger partial charge is 0.255 e. The lowest BCUT2D eigenvalue weighted by molar-refractivity contribution is 0.0749. The summed E-state index contributed by atoms with van der Waals surface area (Å²) in [6.07, 6.45) is 2.07. The molecular weight excluding hydrogens is 322 g/mol. The van der Waals surface area contributed by atoms with Crippen molar-refractivity contribution in [1.29, 1.82) is 0 Å². The predicted octanol–water partition coefficient (Wildman–Crippen LogP) is 2.04. The van der Waals surface area contributed by atoms with E-state index in [2.05, 4.69) is 0 Å². The lowest BCUT2D eigenvalue weighted by atomic mass is 10.2. The number of thioether (sulfide) groups is 1. The molecule has 0 spiro atoms. The molecular formula is C15H21NO4S2. The molecule has 1 atom stereocenters. The molecule has 1 aliphatic heterocycles. The molecule has 1 aromatic rings. The predicted molar refractivity (Wildman–Crippen MR) is 89.2 cm³/mol. The molecule has 1 heterocycles. The number of carbonyl (C=O) groups is 1. The van der Waals surface area contributed by atoms with Crippen LogP contribution in [0.5, 0.6) is 5.75 Å². The lowest BCUT2D eigenvalue weighted by Crippen LogP contribution is -2.49. The van der Waals surface area contributed by atoms with Gasteiger partial charge < -0.3 is 9.64 Å². The summed E-state index contributed by atoms with van der Waals surface area (Å²) in [5.74, 6) is 1.56. The summed E-state index contributed by atoms with van der Waals surface area (Å²) in [6.45, 7) is 3.04. The molecule has 122 valence electrons. The second-order valence-electron chi connectivity index (χ2n) is 5.23. The van der Waals surface area contributed by atoms with Gasteiger partial charge in [-0.3, -0.25) is 4.79 Å². The maximum absolute atomic E-state index is 12.7. The van der Waals surface area contributed by atoms with E-state index in [1.165, 1.54) is 11.2 Å². The summed E-state index contributed by atoms with van der Waals surface area (Å²) in [5.41, 5.74) is 0.467. The zero-order valence-electron chi connectivity index (χ0n) is 12.8. The van der Waals surface area contributed by atoms with E-state index in [1.807, 2.05) is 6.92 Å². The van der Waals surface area contributed by atoms with Crippen LogP contribution in [0.25, 0.3) is 0 Å². The van der Waals surface area contributed by atoms with Gasteiger partial charge in [-0.2, -0.15) is 11.8 Å². The third kappa shape index (κ3) is 4.16. The van der Waals surface area contributed by atoms with Gasteiger partial charge >= 0.3 is 0 Å². The highest BCUT2D eigenvalue weighted by molar-refractivity contribution is 8.00. The molecule has 22 heavy (non-hydrogen) atoms. The highest BCUT2D eigenvalue weighted by Crippen LogP contribution is 2.23. The van der Waals surface area contributed by atoms with Gasteiger partial charge in [0, 0.05) is 29.9 Å². The van der Waals surface area contributed by atoms with Crippen molar-refractivity contribution >= 4 is 27.5 Å². The summed E-state index contributed by atoms with van der Waals surface area (Å²) in [7, 11) is -3.30. The summed E-state index contributed by atoms with van der Waals surface area (Å²) >= 11 is 1.56. The average Bonchev–Trinajstić information content (AvgIpc) is 2.51. The Bertz CT molecular complexity index is 630. The summed E-state index contributed by atoms with van der Waals surface area (Å²) in [5, 5.41) is -0.751. The third-order valence-corrected chi connectivity index (χ3v) is 6.04. The highest BCUT2D eigenvalue weighted by Gasteiger charge is 2.34. The Morgan fingerprint density at radius 1 is 1.45 bits per heavy atom. The van der Waals surface area contributed by atoms with Gasteiger partial charge in [0.25, 0.3) is 5.91 Å². The van der Waals surface area contributed by atoms with Crippen LogP contribution in [-0.4, -0.2) is 55.5 Å². The standard InChI is InChI=1S/C15H21NO4S2/c1-3-8-20-13-6-4-5-12(10-13)15(17)16-7-9-21-11-14(16)22(2,18)19/h4-6,10,14H,3,7-9,11H2,1-2H3/t14-/m0/s1. The number of ether oxygens (including phenoxy) is 1. The minimum absolute atomic E-state index is 0.252. The van der Waals surface area contributed by atoms with E-state index in [0.717, 1.165) is 12.2 Å². The van der Waals surface area contributed by atoms with Gasteiger partial charge in [-0.05, 0) is 24.6 Å². The first-order valence-corrected chi connectivity index (χ1v) is 10.3. The monoisotopic (exact) mass is 343 g/mol. The number of hydrogen-bond acceptors (Lipinski definition) is 5. The van der Waals surface area contributed by atoms with Crippen molar-refractivity contribution in [2.45, 2.75) is 18.7 Å². The van der Waals surface area contributed by atoms with Crippen molar-refractivity contribution in [2.24, 2.45) is 0 Å². The van der Waals surface area contributed by atoms with Crippen LogP contribution in [0, 0.1) is 0 Å². The molecule has 1 aromatic carbocycles. The first-order valence-electron chi connectivity index (χ1n) is 7.24. The zero-order valence-corrected chi connectivity index (χ0v) is 14.5. The minimum atomic E-state index is -3.30. The Morgan fingerprint density at radius 3 is 2.91 bits per heavy atom. The van der Waals surface area contributed by atoms with Crippen molar-refractivity contribution < 1.29 is 17.9 Å². The number of sulfone groups is 1. The van der Waals surface area contributed by atoms with Crippen LogP contribution in [0.3, 0.4) is 0 Å². The Labute approximate surface area is 135 Å². The van der Waals surface area contributed by atoms with Crippen LogP contribution >= 0.6 is 11.8 Å². The third-order valence-electron chi connectivity index (χ3n) is 3.39. The van der Waals surface area contributed by atoms with E-state index >= 15 is 0 Å². The van der Waals surface area contributed by atoms with Crippen molar-refractivity contribution in [1.82, 2.24) is 4.90 Å². The largest absolute Gasteiger partial charge is 0.494 e. The molecule has 7 heteroatoms. The number of benzene rings is 1. The highest BCUT2D eigenvalue weighted by atomic mass is 32.2. The zero-order chi connectivity index (χ0) is 16.2. The SMILES string of the molecule is CCCOc1cccc(C(=O)N2CCSC[C@@H]2S(C)(=O)=O)c1. The first-order chi connectivity index (χ1) is 10.4. The number of amides is 1. The quantitative estimate of drug-likeness (QED) is 0.818. The van der Waals surface area contributed by atoms with Crippen LogP contribution < -0.4 is 4.74 Å². The summed E-state index contributed by atoms with van der Waals surface area (Å²) < 4.78 is 29.4. The molecule has 0 aromatic heterocycles. The molecule has 0 radical (unpaired) electrons. The van der Waals surface area contributed by atoms with Crippen molar-refractivity contribution in [3.8, 4) is 5.75 Å². The topological polar surface area (TPSA) is 63.7 Å². The molecule has 1 amide bonds. The van der Waals surface area contributed by atoms with E-state index < -0.39 is 15.2 Å². The van der Waals surface area contributed by atoms with Gasteiger partial charge in [-0.1, -0.05) is 13.0 Å². The molecule has 1 saturated heterocycles. The Balaban J connectivity index is 2.22. The lowest BCUT2D eigenvalue weighted by Gasteiger charge is -2.34. The van der Waals surface area contributed by atoms with Crippen LogP contribution in [0.1, 0.15) is 23.7 Å². The van der Waals surface area contributed by atoms with Gasteiger partial charge in [-0.25, -0.2) is 8.42 Å². The van der Waals surface area contributed by atoms with Gasteiger partial charge in [0.1, 0.15) is 11.1 Å². The van der Waals surface area contributed by atoms with Crippen LogP contribution in [0.4, 0.5) is 0 Å². The number of nitrogens with zero attached hydrogens (tertiary/aromatic N) is 1. The molecule has 1 aliphatic rings. The normalized spacial score (nSPS) is 19.0. The maximum Gasteiger partial charge on any atom is 0.255 e. The van der Waals surface area contributed by atoms with Gasteiger partial charge in [0.2, 0.25) is 0 Å². The van der Waals surface area contributed by atoms with E-state index in [4.69, 9.17) is 4.74 Å². The van der Waals surface area contributed by atoms with Gasteiger partial charge in [0.05, 0.1) is 6.61 Å². The second kappa shape index (κ2) is 7.37. The molecule has 1 fully saturated rings. The molecule has 2 rings (SSSR count). The fourth-order valence-electron chi connectivity index (χ4n) is 2.27. The maximum atomic E-state index is 12.7. The molecule has 0 saturated carbocycles. The number of hydrogen-bond donors (Lipinski definition) is 0. The number of rotatable bonds is 5. The Hall–Kier alpha value is -1.21. The molecule has 0 unspecified atom stereocenters. The summed E-state index contributed by atoms with van der Waals surface area (Å²) in [6, 6.07) is 6.93. The average molecular weight is 343 g/mol.